The lowest BCUT2D eigenvalue weighted by Crippen LogP contribution is -2.31. The normalized spacial score (nSPS) is 23.4. The Hall–Kier alpha value is -1.39. The average molecular weight is 291 g/mol. The Labute approximate surface area is 126 Å². The number of benzene rings is 1. The van der Waals surface area contributed by atoms with Crippen molar-refractivity contribution >= 4 is 5.91 Å². The number of aliphatic hydroxyl groups excluding tert-OH is 1. The summed E-state index contributed by atoms with van der Waals surface area (Å²) in [5.74, 6) is 0.215. The third-order valence-electron chi connectivity index (χ3n) is 3.87. The average Bonchev–Trinajstić information content (AvgIpc) is 3.23. The molecule has 4 heteroatoms. The Bertz CT molecular complexity index is 447. The zero-order valence-corrected chi connectivity index (χ0v) is 12.8. The van der Waals surface area contributed by atoms with Gasteiger partial charge in [-0.15, -0.1) is 0 Å². The van der Waals surface area contributed by atoms with E-state index in [1.807, 2.05) is 37.3 Å². The molecule has 4 nitrogen and oxygen atoms in total. The van der Waals surface area contributed by atoms with E-state index >= 15 is 0 Å². The molecule has 0 radical (unpaired) electrons. The summed E-state index contributed by atoms with van der Waals surface area (Å²) in [7, 11) is 0. The summed E-state index contributed by atoms with van der Waals surface area (Å²) in [6.07, 6.45) is 1.18. The van der Waals surface area contributed by atoms with Crippen LogP contribution in [0.5, 0.6) is 0 Å². The standard InChI is InChI=1S/C17H25NO3/c1-3-21-16-10-15(16)17(20)18-11-14(9-12(2)19)13-7-5-4-6-8-13/h4-8,12,14-16,19H,3,9-11H2,1-2H3,(H,18,20). The molecule has 1 amide bonds. The Morgan fingerprint density at radius 3 is 2.76 bits per heavy atom. The van der Waals surface area contributed by atoms with Crippen LogP contribution in [0.25, 0.3) is 0 Å². The number of hydrogen-bond acceptors (Lipinski definition) is 3. The van der Waals surface area contributed by atoms with Crippen LogP contribution in [0.4, 0.5) is 0 Å². The van der Waals surface area contributed by atoms with Crippen molar-refractivity contribution in [2.75, 3.05) is 13.2 Å². The molecular formula is C17H25NO3. The van der Waals surface area contributed by atoms with Crippen molar-refractivity contribution in [1.29, 1.82) is 0 Å². The van der Waals surface area contributed by atoms with Gasteiger partial charge in [-0.1, -0.05) is 30.3 Å². The minimum absolute atomic E-state index is 0.00734. The van der Waals surface area contributed by atoms with Crippen molar-refractivity contribution in [2.24, 2.45) is 5.92 Å². The Kier molecular flexibility index (Phi) is 5.76. The fraction of sp³-hybridized carbons (Fsp3) is 0.588. The molecule has 21 heavy (non-hydrogen) atoms. The molecular weight excluding hydrogens is 266 g/mol. The molecule has 0 heterocycles. The lowest BCUT2D eigenvalue weighted by Gasteiger charge is -2.19. The van der Waals surface area contributed by atoms with E-state index in [1.165, 1.54) is 0 Å². The maximum Gasteiger partial charge on any atom is 0.225 e. The molecule has 1 aliphatic rings. The van der Waals surface area contributed by atoms with E-state index in [9.17, 15) is 9.90 Å². The first-order chi connectivity index (χ1) is 10.1. The maximum atomic E-state index is 12.1. The minimum Gasteiger partial charge on any atom is -0.393 e. The maximum absolute atomic E-state index is 12.1. The fourth-order valence-corrected chi connectivity index (χ4v) is 2.67. The van der Waals surface area contributed by atoms with Crippen molar-refractivity contribution < 1.29 is 14.6 Å². The second-order valence-electron chi connectivity index (χ2n) is 5.77. The van der Waals surface area contributed by atoms with Gasteiger partial charge in [0, 0.05) is 19.1 Å². The molecule has 0 aliphatic heterocycles. The van der Waals surface area contributed by atoms with E-state index in [4.69, 9.17) is 4.74 Å². The summed E-state index contributed by atoms with van der Waals surface area (Å²) in [5.41, 5.74) is 1.15. The molecule has 1 fully saturated rings. The Morgan fingerprint density at radius 2 is 2.14 bits per heavy atom. The van der Waals surface area contributed by atoms with Gasteiger partial charge in [-0.3, -0.25) is 4.79 Å². The molecule has 1 aromatic carbocycles. The van der Waals surface area contributed by atoms with E-state index in [2.05, 4.69) is 5.32 Å². The number of nitrogens with one attached hydrogen (secondary N) is 1. The second-order valence-corrected chi connectivity index (χ2v) is 5.77. The molecule has 4 atom stereocenters. The summed E-state index contributed by atoms with van der Waals surface area (Å²) >= 11 is 0. The summed E-state index contributed by atoms with van der Waals surface area (Å²) in [6.45, 7) is 4.94. The molecule has 1 saturated carbocycles. The van der Waals surface area contributed by atoms with Gasteiger partial charge in [0.1, 0.15) is 0 Å². The number of aliphatic hydroxyl groups is 1. The fourth-order valence-electron chi connectivity index (χ4n) is 2.67. The van der Waals surface area contributed by atoms with Crippen LogP contribution in [0.15, 0.2) is 30.3 Å². The Balaban J connectivity index is 1.86. The van der Waals surface area contributed by atoms with Crippen LogP contribution in [0.2, 0.25) is 0 Å². The van der Waals surface area contributed by atoms with E-state index < -0.39 is 0 Å². The third-order valence-corrected chi connectivity index (χ3v) is 3.87. The van der Waals surface area contributed by atoms with Crippen LogP contribution < -0.4 is 5.32 Å². The molecule has 116 valence electrons. The number of carbonyl (C=O) groups is 1. The first kappa shape index (κ1) is 16.0. The van der Waals surface area contributed by atoms with Crippen LogP contribution >= 0.6 is 0 Å². The van der Waals surface area contributed by atoms with Crippen molar-refractivity contribution in [2.45, 2.75) is 44.8 Å². The summed E-state index contributed by atoms with van der Waals surface area (Å²) in [5, 5.41) is 12.7. The van der Waals surface area contributed by atoms with Gasteiger partial charge in [0.15, 0.2) is 0 Å². The van der Waals surface area contributed by atoms with Crippen molar-refractivity contribution in [3.05, 3.63) is 35.9 Å². The highest BCUT2D eigenvalue weighted by Gasteiger charge is 2.43. The predicted molar refractivity (Wildman–Crippen MR) is 82.0 cm³/mol. The highest BCUT2D eigenvalue weighted by molar-refractivity contribution is 5.82. The lowest BCUT2D eigenvalue weighted by molar-refractivity contribution is -0.123. The van der Waals surface area contributed by atoms with E-state index in [-0.39, 0.29) is 30.0 Å². The zero-order valence-electron chi connectivity index (χ0n) is 12.8. The highest BCUT2D eigenvalue weighted by atomic mass is 16.5. The summed E-state index contributed by atoms with van der Waals surface area (Å²) in [6, 6.07) is 10.0. The lowest BCUT2D eigenvalue weighted by atomic mass is 9.93. The summed E-state index contributed by atoms with van der Waals surface area (Å²) in [4.78, 5) is 12.1. The van der Waals surface area contributed by atoms with Crippen LogP contribution in [-0.2, 0) is 9.53 Å². The highest BCUT2D eigenvalue weighted by Crippen LogP contribution is 2.34. The van der Waals surface area contributed by atoms with Crippen LogP contribution in [0.3, 0.4) is 0 Å². The number of carbonyl (C=O) groups excluding carboxylic acids is 1. The van der Waals surface area contributed by atoms with Gasteiger partial charge in [0.25, 0.3) is 0 Å². The number of ether oxygens (including phenoxy) is 1. The van der Waals surface area contributed by atoms with E-state index in [1.54, 1.807) is 6.92 Å². The SMILES string of the molecule is CCOC1CC1C(=O)NCC(CC(C)O)c1ccccc1. The number of amides is 1. The third kappa shape index (κ3) is 4.83. The van der Waals surface area contributed by atoms with Crippen LogP contribution in [-0.4, -0.2) is 36.4 Å². The second kappa shape index (κ2) is 7.57. The van der Waals surface area contributed by atoms with Gasteiger partial charge in [-0.2, -0.15) is 0 Å². The van der Waals surface area contributed by atoms with Crippen LogP contribution in [0, 0.1) is 5.92 Å². The molecule has 2 rings (SSSR count). The number of hydrogen-bond donors (Lipinski definition) is 2. The molecule has 0 saturated heterocycles. The molecule has 0 spiro atoms. The molecule has 0 bridgehead atoms. The zero-order chi connectivity index (χ0) is 15.2. The molecule has 4 unspecified atom stereocenters. The quantitative estimate of drug-likeness (QED) is 0.771. The van der Waals surface area contributed by atoms with Gasteiger partial charge in [0.2, 0.25) is 5.91 Å². The first-order valence-corrected chi connectivity index (χ1v) is 7.74. The molecule has 1 aliphatic carbocycles. The Morgan fingerprint density at radius 1 is 1.43 bits per heavy atom. The van der Waals surface area contributed by atoms with Crippen molar-refractivity contribution in [3.8, 4) is 0 Å². The smallest absolute Gasteiger partial charge is 0.225 e. The van der Waals surface area contributed by atoms with Gasteiger partial charge >= 0.3 is 0 Å². The first-order valence-electron chi connectivity index (χ1n) is 7.74. The predicted octanol–water partition coefficient (Wildman–Crippen LogP) is 2.08. The van der Waals surface area contributed by atoms with Gasteiger partial charge in [-0.05, 0) is 32.3 Å². The minimum atomic E-state index is -0.385. The van der Waals surface area contributed by atoms with Gasteiger partial charge < -0.3 is 15.2 Å². The van der Waals surface area contributed by atoms with Crippen molar-refractivity contribution in [1.82, 2.24) is 5.32 Å². The van der Waals surface area contributed by atoms with Gasteiger partial charge in [-0.25, -0.2) is 0 Å². The van der Waals surface area contributed by atoms with Gasteiger partial charge in [0.05, 0.1) is 18.1 Å². The van der Waals surface area contributed by atoms with E-state index in [0.29, 0.717) is 19.6 Å². The summed E-state index contributed by atoms with van der Waals surface area (Å²) < 4.78 is 5.44. The van der Waals surface area contributed by atoms with Crippen LogP contribution in [0.1, 0.15) is 38.2 Å². The molecule has 0 aromatic heterocycles. The number of rotatable bonds is 8. The van der Waals surface area contributed by atoms with Crippen molar-refractivity contribution in [3.63, 3.8) is 0 Å². The monoisotopic (exact) mass is 291 g/mol. The van der Waals surface area contributed by atoms with E-state index in [0.717, 1.165) is 12.0 Å². The topological polar surface area (TPSA) is 58.6 Å². The molecule has 1 aromatic rings. The largest absolute Gasteiger partial charge is 0.393 e. The molecule has 2 N–H and O–H groups in total.